The molecular weight excluding hydrogens is 271 g/mol. The zero-order valence-corrected chi connectivity index (χ0v) is 11.2. The molecule has 0 aliphatic rings. The molecule has 2 aromatic rings. The lowest BCUT2D eigenvalue weighted by Gasteiger charge is -2.13. The van der Waals surface area contributed by atoms with Gasteiger partial charge in [0.2, 0.25) is 0 Å². The second-order valence-corrected chi connectivity index (χ2v) is 5.83. The highest BCUT2D eigenvalue weighted by molar-refractivity contribution is 7.51. The van der Waals surface area contributed by atoms with Gasteiger partial charge >= 0.3 is 7.60 Å². The fraction of sp³-hybridized carbons (Fsp3) is 0.400. The fourth-order valence-electron chi connectivity index (χ4n) is 1.74. The summed E-state index contributed by atoms with van der Waals surface area (Å²) in [5.41, 5.74) is 7.24. The normalized spacial score (nSPS) is 13.8. The molecule has 104 valence electrons. The van der Waals surface area contributed by atoms with E-state index in [2.05, 4.69) is 10.1 Å². The molecular formula is C10H15N4O4P. The lowest BCUT2D eigenvalue weighted by Crippen LogP contribution is -2.14. The number of aromatic nitrogens is 3. The number of hydrogen-bond donors (Lipinski definition) is 3. The first-order valence-corrected chi connectivity index (χ1v) is 7.40. The Bertz CT molecular complexity index is 623. The van der Waals surface area contributed by atoms with Gasteiger partial charge in [0, 0.05) is 12.1 Å². The zero-order valence-electron chi connectivity index (χ0n) is 10.3. The van der Waals surface area contributed by atoms with Gasteiger partial charge in [-0.2, -0.15) is 5.10 Å². The largest absolute Gasteiger partial charge is 0.382 e. The molecule has 0 fully saturated rings. The van der Waals surface area contributed by atoms with Crippen LogP contribution in [0.5, 0.6) is 0 Å². The second kappa shape index (κ2) is 5.26. The van der Waals surface area contributed by atoms with Crippen molar-refractivity contribution >= 4 is 18.9 Å². The third-order valence-electron chi connectivity index (χ3n) is 2.58. The highest BCUT2D eigenvalue weighted by Crippen LogP contribution is 2.34. The van der Waals surface area contributed by atoms with Crippen molar-refractivity contribution < 1.29 is 19.1 Å². The molecule has 4 N–H and O–H groups in total. The van der Waals surface area contributed by atoms with Crippen LogP contribution in [0.15, 0.2) is 18.5 Å². The monoisotopic (exact) mass is 286 g/mol. The van der Waals surface area contributed by atoms with E-state index in [0.29, 0.717) is 17.8 Å². The lowest BCUT2D eigenvalue weighted by atomic mass is 10.2. The van der Waals surface area contributed by atoms with Gasteiger partial charge in [-0.15, -0.1) is 0 Å². The molecule has 19 heavy (non-hydrogen) atoms. The van der Waals surface area contributed by atoms with Gasteiger partial charge in [0.1, 0.15) is 18.2 Å². The molecule has 0 saturated heterocycles. The molecule has 0 aliphatic carbocycles. The number of nitrogen functional groups attached to an aromatic ring is 1. The number of rotatable bonds is 5. The average Bonchev–Trinajstić information content (AvgIpc) is 2.71. The van der Waals surface area contributed by atoms with Crippen molar-refractivity contribution in [2.24, 2.45) is 0 Å². The maximum absolute atomic E-state index is 10.7. The summed E-state index contributed by atoms with van der Waals surface area (Å²) in [4.78, 5) is 21.4. The van der Waals surface area contributed by atoms with Crippen LogP contribution in [-0.4, -0.2) is 36.8 Å². The highest BCUT2D eigenvalue weighted by Gasteiger charge is 2.17. The molecule has 2 aromatic heterocycles. The summed E-state index contributed by atoms with van der Waals surface area (Å²) in [5.74, 6) is 0.380. The van der Waals surface area contributed by atoms with E-state index in [1.165, 1.54) is 6.33 Å². The molecule has 1 atom stereocenters. The summed E-state index contributed by atoms with van der Waals surface area (Å²) < 4.78 is 17.5. The maximum atomic E-state index is 10.7. The Labute approximate surface area is 109 Å². The Hall–Kier alpha value is -1.47. The first-order chi connectivity index (χ1) is 8.87. The van der Waals surface area contributed by atoms with E-state index >= 15 is 0 Å². The maximum Gasteiger partial charge on any atom is 0.350 e. The number of hydrogen-bond acceptors (Lipinski definition) is 5. The number of ether oxygens (including phenoxy) is 1. The van der Waals surface area contributed by atoms with Gasteiger partial charge in [0.15, 0.2) is 5.82 Å². The molecule has 0 bridgehead atoms. The van der Waals surface area contributed by atoms with Crippen LogP contribution in [0.2, 0.25) is 0 Å². The molecule has 0 amide bonds. The summed E-state index contributed by atoms with van der Waals surface area (Å²) in [6.07, 6.45) is 0.883. The first-order valence-electron chi connectivity index (χ1n) is 5.60. The van der Waals surface area contributed by atoms with Crippen molar-refractivity contribution in [1.82, 2.24) is 14.6 Å². The number of fused-ring (bicyclic) bond motifs is 1. The molecule has 0 unspecified atom stereocenters. The molecule has 0 aromatic carbocycles. The van der Waals surface area contributed by atoms with Gasteiger partial charge in [0.05, 0.1) is 6.10 Å². The highest BCUT2D eigenvalue weighted by atomic mass is 31.2. The van der Waals surface area contributed by atoms with Crippen LogP contribution in [0.3, 0.4) is 0 Å². The molecule has 2 heterocycles. The van der Waals surface area contributed by atoms with Crippen LogP contribution in [0, 0.1) is 0 Å². The molecule has 0 radical (unpaired) electrons. The van der Waals surface area contributed by atoms with Crippen LogP contribution in [0.4, 0.5) is 5.82 Å². The average molecular weight is 286 g/mol. The topological polar surface area (TPSA) is 123 Å². The minimum absolute atomic E-state index is 0.345. The first kappa shape index (κ1) is 14.0. The van der Waals surface area contributed by atoms with Crippen LogP contribution in [-0.2, 0) is 15.7 Å². The van der Waals surface area contributed by atoms with E-state index in [1.807, 2.05) is 6.07 Å². The third-order valence-corrected chi connectivity index (χ3v) is 3.07. The van der Waals surface area contributed by atoms with Crippen molar-refractivity contribution in [3.05, 3.63) is 24.2 Å². The molecule has 0 saturated carbocycles. The van der Waals surface area contributed by atoms with Crippen molar-refractivity contribution in [3.63, 3.8) is 0 Å². The van der Waals surface area contributed by atoms with E-state index in [0.717, 1.165) is 5.69 Å². The number of nitrogens with two attached hydrogens (primary N) is 1. The SMILES string of the molecule is C[C@H](Cc1ccc2c(N)ncnn12)OCP(=O)(O)O. The fourth-order valence-corrected chi connectivity index (χ4v) is 2.19. The minimum atomic E-state index is -4.14. The Morgan fingerprint density at radius 3 is 2.95 bits per heavy atom. The molecule has 8 nitrogen and oxygen atoms in total. The van der Waals surface area contributed by atoms with E-state index in [4.69, 9.17) is 20.3 Å². The molecule has 9 heteroatoms. The van der Waals surface area contributed by atoms with Crippen molar-refractivity contribution in [3.8, 4) is 0 Å². The van der Waals surface area contributed by atoms with Gasteiger partial charge in [-0.3, -0.25) is 4.57 Å². The number of anilines is 1. The Balaban J connectivity index is 2.09. The summed E-state index contributed by atoms with van der Waals surface area (Å²) in [7, 11) is -4.14. The summed E-state index contributed by atoms with van der Waals surface area (Å²) in [6, 6.07) is 3.62. The van der Waals surface area contributed by atoms with Crippen molar-refractivity contribution in [1.29, 1.82) is 0 Å². The second-order valence-electron chi connectivity index (χ2n) is 4.24. The Kier molecular flexibility index (Phi) is 3.86. The smallest absolute Gasteiger partial charge is 0.350 e. The van der Waals surface area contributed by atoms with Crippen molar-refractivity contribution in [2.75, 3.05) is 12.1 Å². The van der Waals surface area contributed by atoms with Crippen LogP contribution >= 0.6 is 7.60 Å². The predicted molar refractivity (Wildman–Crippen MR) is 68.6 cm³/mol. The Morgan fingerprint density at radius 1 is 1.53 bits per heavy atom. The quantitative estimate of drug-likeness (QED) is 0.679. The van der Waals surface area contributed by atoms with Gasteiger partial charge in [-0.05, 0) is 19.1 Å². The predicted octanol–water partition coefficient (Wildman–Crippen LogP) is 0.394. The van der Waals surface area contributed by atoms with Gasteiger partial charge < -0.3 is 20.3 Å². The van der Waals surface area contributed by atoms with E-state index in [-0.39, 0.29) is 6.10 Å². The molecule has 0 aliphatic heterocycles. The third kappa shape index (κ3) is 3.51. The minimum Gasteiger partial charge on any atom is -0.382 e. The standard InChI is InChI=1S/C10H15N4O4P/c1-7(18-6-19(15,16)17)4-8-2-3-9-10(11)12-5-13-14(8)9/h2-3,5,7H,4,6H2,1H3,(H2,11,12,13)(H2,15,16,17)/t7-/m1/s1. The Morgan fingerprint density at radius 2 is 2.26 bits per heavy atom. The van der Waals surface area contributed by atoms with Crippen LogP contribution in [0.1, 0.15) is 12.6 Å². The molecule has 0 spiro atoms. The van der Waals surface area contributed by atoms with E-state index < -0.39 is 13.9 Å². The van der Waals surface area contributed by atoms with E-state index in [9.17, 15) is 4.57 Å². The summed E-state index contributed by atoms with van der Waals surface area (Å²) in [6.45, 7) is 1.74. The summed E-state index contributed by atoms with van der Waals surface area (Å²) in [5, 5.41) is 4.08. The lowest BCUT2D eigenvalue weighted by molar-refractivity contribution is 0.0877. The van der Waals surface area contributed by atoms with Crippen LogP contribution < -0.4 is 5.73 Å². The van der Waals surface area contributed by atoms with E-state index in [1.54, 1.807) is 17.5 Å². The van der Waals surface area contributed by atoms with Gasteiger partial charge in [-0.1, -0.05) is 0 Å². The zero-order chi connectivity index (χ0) is 14.0. The summed E-state index contributed by atoms with van der Waals surface area (Å²) >= 11 is 0. The number of nitrogens with zero attached hydrogens (tertiary/aromatic N) is 3. The van der Waals surface area contributed by atoms with Crippen molar-refractivity contribution in [2.45, 2.75) is 19.4 Å². The van der Waals surface area contributed by atoms with Gasteiger partial charge in [-0.25, -0.2) is 9.50 Å². The van der Waals surface area contributed by atoms with Crippen LogP contribution in [0.25, 0.3) is 5.52 Å². The molecule has 2 rings (SSSR count). The van der Waals surface area contributed by atoms with Gasteiger partial charge in [0.25, 0.3) is 0 Å².